The van der Waals surface area contributed by atoms with Gasteiger partial charge in [0.25, 0.3) is 5.91 Å². The Kier molecular flexibility index (Phi) is 3.89. The van der Waals surface area contributed by atoms with Crippen LogP contribution in [0.1, 0.15) is 27.4 Å². The molecule has 6 heteroatoms. The Morgan fingerprint density at radius 3 is 2.53 bits per heavy atom. The Bertz CT molecular complexity index is 523. The summed E-state index contributed by atoms with van der Waals surface area (Å²) in [5, 5.41) is 9.22. The molecule has 0 aromatic carbocycles. The van der Waals surface area contributed by atoms with Crippen molar-refractivity contribution in [3.63, 3.8) is 0 Å². The summed E-state index contributed by atoms with van der Waals surface area (Å²) in [7, 11) is 0. The second kappa shape index (κ2) is 5.28. The maximum absolute atomic E-state index is 12.6. The van der Waals surface area contributed by atoms with E-state index >= 15 is 0 Å². The van der Waals surface area contributed by atoms with Crippen LogP contribution in [-0.4, -0.2) is 46.0 Å². The number of carboxylic acids is 1. The molecule has 1 atom stereocenters. The number of rotatable bonds is 2. The third-order valence-corrected chi connectivity index (χ3v) is 4.47. The van der Waals surface area contributed by atoms with E-state index in [9.17, 15) is 14.7 Å². The van der Waals surface area contributed by atoms with Gasteiger partial charge in [-0.15, -0.1) is 0 Å². The molecule has 0 saturated carbocycles. The topological polar surface area (TPSA) is 70.8 Å². The SMILES string of the molecule is Cc1oc(C)c(C(=O)N2CCSCC2C(=O)O)c1C. The van der Waals surface area contributed by atoms with E-state index in [2.05, 4.69) is 0 Å². The normalized spacial score (nSPS) is 19.5. The number of aliphatic carboxylic acids is 1. The molecule has 104 valence electrons. The van der Waals surface area contributed by atoms with Gasteiger partial charge >= 0.3 is 5.97 Å². The molecule has 0 bridgehead atoms. The minimum atomic E-state index is -0.948. The summed E-state index contributed by atoms with van der Waals surface area (Å²) in [4.78, 5) is 25.3. The van der Waals surface area contributed by atoms with Gasteiger partial charge in [0.2, 0.25) is 0 Å². The Morgan fingerprint density at radius 2 is 2.00 bits per heavy atom. The molecular weight excluding hydrogens is 266 g/mol. The first kappa shape index (κ1) is 14.0. The first-order chi connectivity index (χ1) is 8.93. The minimum Gasteiger partial charge on any atom is -0.480 e. The number of aryl methyl sites for hydroxylation is 2. The molecule has 1 aromatic heterocycles. The fourth-order valence-corrected chi connectivity index (χ4v) is 3.34. The Morgan fingerprint density at radius 1 is 1.32 bits per heavy atom. The van der Waals surface area contributed by atoms with Gasteiger partial charge in [-0.25, -0.2) is 4.79 Å². The van der Waals surface area contributed by atoms with Crippen molar-refractivity contribution in [2.24, 2.45) is 0 Å². The second-order valence-corrected chi connectivity index (χ2v) is 5.79. The first-order valence-electron chi connectivity index (χ1n) is 6.11. The lowest BCUT2D eigenvalue weighted by molar-refractivity contribution is -0.141. The summed E-state index contributed by atoms with van der Waals surface area (Å²) in [6.07, 6.45) is 0. The van der Waals surface area contributed by atoms with E-state index in [-0.39, 0.29) is 5.91 Å². The zero-order chi connectivity index (χ0) is 14.2. The van der Waals surface area contributed by atoms with Crippen molar-refractivity contribution in [1.82, 2.24) is 4.90 Å². The van der Waals surface area contributed by atoms with E-state index < -0.39 is 12.0 Å². The highest BCUT2D eigenvalue weighted by molar-refractivity contribution is 7.99. The van der Waals surface area contributed by atoms with Gasteiger partial charge in [-0.2, -0.15) is 11.8 Å². The zero-order valence-corrected chi connectivity index (χ0v) is 12.0. The zero-order valence-electron chi connectivity index (χ0n) is 11.2. The van der Waals surface area contributed by atoms with E-state index in [1.807, 2.05) is 6.92 Å². The lowest BCUT2D eigenvalue weighted by Gasteiger charge is -2.32. The van der Waals surface area contributed by atoms with Crippen molar-refractivity contribution in [1.29, 1.82) is 0 Å². The molecule has 0 spiro atoms. The van der Waals surface area contributed by atoms with Gasteiger partial charge < -0.3 is 14.4 Å². The van der Waals surface area contributed by atoms with Gasteiger partial charge in [0.05, 0.1) is 5.56 Å². The smallest absolute Gasteiger partial charge is 0.327 e. The maximum atomic E-state index is 12.6. The van der Waals surface area contributed by atoms with Crippen LogP contribution in [0.25, 0.3) is 0 Å². The molecule has 1 saturated heterocycles. The largest absolute Gasteiger partial charge is 0.480 e. The van der Waals surface area contributed by atoms with Crippen LogP contribution >= 0.6 is 11.8 Å². The van der Waals surface area contributed by atoms with Gasteiger partial charge in [0.1, 0.15) is 17.6 Å². The van der Waals surface area contributed by atoms with Crippen LogP contribution in [-0.2, 0) is 4.79 Å². The van der Waals surface area contributed by atoms with Crippen molar-refractivity contribution < 1.29 is 19.1 Å². The quantitative estimate of drug-likeness (QED) is 0.897. The number of amides is 1. The van der Waals surface area contributed by atoms with Gasteiger partial charge in [-0.05, 0) is 20.8 Å². The predicted molar refractivity (Wildman–Crippen MR) is 72.7 cm³/mol. The summed E-state index contributed by atoms with van der Waals surface area (Å²) in [5.74, 6) is 1.29. The summed E-state index contributed by atoms with van der Waals surface area (Å²) >= 11 is 1.56. The van der Waals surface area contributed by atoms with Crippen LogP contribution in [0.4, 0.5) is 0 Å². The van der Waals surface area contributed by atoms with Crippen molar-refractivity contribution in [3.8, 4) is 0 Å². The minimum absolute atomic E-state index is 0.237. The molecule has 1 unspecified atom stereocenters. The van der Waals surface area contributed by atoms with Crippen LogP contribution in [0.3, 0.4) is 0 Å². The summed E-state index contributed by atoms with van der Waals surface area (Å²) in [6, 6.07) is -0.750. The van der Waals surface area contributed by atoms with Gasteiger partial charge in [-0.1, -0.05) is 0 Å². The molecule has 1 N–H and O–H groups in total. The van der Waals surface area contributed by atoms with Gasteiger partial charge in [0.15, 0.2) is 0 Å². The molecule has 1 fully saturated rings. The molecule has 1 amide bonds. The lowest BCUT2D eigenvalue weighted by Crippen LogP contribution is -2.50. The van der Waals surface area contributed by atoms with Crippen molar-refractivity contribution in [2.45, 2.75) is 26.8 Å². The highest BCUT2D eigenvalue weighted by atomic mass is 32.2. The number of carbonyl (C=O) groups excluding carboxylic acids is 1. The average Bonchev–Trinajstić information content (AvgIpc) is 2.62. The maximum Gasteiger partial charge on any atom is 0.327 e. The third kappa shape index (κ3) is 2.49. The third-order valence-electron chi connectivity index (χ3n) is 3.45. The number of carboxylic acid groups (broad SMARTS) is 1. The summed E-state index contributed by atoms with van der Waals surface area (Å²) < 4.78 is 5.45. The molecule has 1 aliphatic rings. The monoisotopic (exact) mass is 283 g/mol. The number of hydrogen-bond donors (Lipinski definition) is 1. The molecule has 0 aliphatic carbocycles. The molecule has 1 aliphatic heterocycles. The molecule has 5 nitrogen and oxygen atoms in total. The number of nitrogens with zero attached hydrogens (tertiary/aromatic N) is 1. The number of hydrogen-bond acceptors (Lipinski definition) is 4. The molecular formula is C13H17NO4S. The van der Waals surface area contributed by atoms with Crippen LogP contribution in [0, 0.1) is 20.8 Å². The first-order valence-corrected chi connectivity index (χ1v) is 7.27. The van der Waals surface area contributed by atoms with Crippen LogP contribution < -0.4 is 0 Å². The second-order valence-electron chi connectivity index (χ2n) is 4.64. The Balaban J connectivity index is 2.34. The number of carbonyl (C=O) groups is 2. The Labute approximate surface area is 116 Å². The van der Waals surface area contributed by atoms with E-state index in [4.69, 9.17) is 4.42 Å². The van der Waals surface area contributed by atoms with Crippen LogP contribution in [0.5, 0.6) is 0 Å². The molecule has 2 rings (SSSR count). The van der Waals surface area contributed by atoms with Gasteiger partial charge in [-0.3, -0.25) is 4.79 Å². The highest BCUT2D eigenvalue weighted by Crippen LogP contribution is 2.25. The van der Waals surface area contributed by atoms with E-state index in [0.717, 1.165) is 11.3 Å². The fourth-order valence-electron chi connectivity index (χ4n) is 2.30. The average molecular weight is 283 g/mol. The molecule has 2 heterocycles. The standard InChI is InChI=1S/C13H17NO4S/c1-7-8(2)18-9(3)11(7)12(15)14-4-5-19-6-10(14)13(16)17/h10H,4-6H2,1-3H3,(H,16,17). The van der Waals surface area contributed by atoms with Crippen LogP contribution in [0.2, 0.25) is 0 Å². The van der Waals surface area contributed by atoms with E-state index in [0.29, 0.717) is 29.4 Å². The van der Waals surface area contributed by atoms with E-state index in [1.165, 1.54) is 4.90 Å². The fraction of sp³-hybridized carbons (Fsp3) is 0.538. The van der Waals surface area contributed by atoms with Crippen molar-refractivity contribution in [2.75, 3.05) is 18.1 Å². The number of thioether (sulfide) groups is 1. The van der Waals surface area contributed by atoms with E-state index in [1.54, 1.807) is 25.6 Å². The number of furan rings is 1. The predicted octanol–water partition coefficient (Wildman–Crippen LogP) is 1.85. The highest BCUT2D eigenvalue weighted by Gasteiger charge is 2.35. The lowest BCUT2D eigenvalue weighted by atomic mass is 10.1. The van der Waals surface area contributed by atoms with Crippen molar-refractivity contribution in [3.05, 3.63) is 22.6 Å². The van der Waals surface area contributed by atoms with Gasteiger partial charge in [0, 0.05) is 23.6 Å². The Hall–Kier alpha value is -1.43. The summed E-state index contributed by atoms with van der Waals surface area (Å²) in [5.41, 5.74) is 1.31. The van der Waals surface area contributed by atoms with Crippen LogP contribution in [0.15, 0.2) is 4.42 Å². The molecule has 1 aromatic rings. The van der Waals surface area contributed by atoms with Crippen molar-refractivity contribution >= 4 is 23.6 Å². The molecule has 19 heavy (non-hydrogen) atoms. The molecule has 0 radical (unpaired) electrons. The summed E-state index contributed by atoms with van der Waals surface area (Å²) in [6.45, 7) is 5.83.